The van der Waals surface area contributed by atoms with Crippen molar-refractivity contribution in [2.24, 2.45) is 0 Å². The molecular formula is C17H17F3N4O. The molecule has 0 radical (unpaired) electrons. The van der Waals surface area contributed by atoms with Crippen molar-refractivity contribution in [2.75, 3.05) is 0 Å². The highest BCUT2D eigenvalue weighted by atomic mass is 19.4. The van der Waals surface area contributed by atoms with Gasteiger partial charge in [-0.3, -0.25) is 4.79 Å². The summed E-state index contributed by atoms with van der Waals surface area (Å²) < 4.78 is 40.7. The zero-order valence-electron chi connectivity index (χ0n) is 13.8. The minimum atomic E-state index is -4.60. The van der Waals surface area contributed by atoms with E-state index in [2.05, 4.69) is 21.3 Å². The summed E-state index contributed by atoms with van der Waals surface area (Å²) in [6.45, 7) is 3.46. The predicted octanol–water partition coefficient (Wildman–Crippen LogP) is 3.16. The van der Waals surface area contributed by atoms with Crippen LogP contribution in [0.25, 0.3) is 5.65 Å². The number of terminal acetylenes is 1. The third-order valence-electron chi connectivity index (χ3n) is 4.38. The van der Waals surface area contributed by atoms with Crippen molar-refractivity contribution in [3.8, 4) is 12.3 Å². The fraction of sp³-hybridized carbons (Fsp3) is 0.471. The number of carbonyl (C=O) groups is 1. The lowest BCUT2D eigenvalue weighted by molar-refractivity contribution is -0.142. The van der Waals surface area contributed by atoms with Crippen molar-refractivity contribution in [2.45, 2.75) is 50.7 Å². The Balaban J connectivity index is 2.04. The molecule has 5 nitrogen and oxygen atoms in total. The SMILES string of the molecule is C#C[C@@](C)(CC)NC(=O)c1cc2nc(C3CC3)cc(C(F)(F)F)n2n1. The van der Waals surface area contributed by atoms with E-state index >= 15 is 0 Å². The zero-order chi connectivity index (χ0) is 18.4. The quantitative estimate of drug-likeness (QED) is 0.862. The van der Waals surface area contributed by atoms with E-state index in [1.165, 1.54) is 6.07 Å². The van der Waals surface area contributed by atoms with E-state index in [9.17, 15) is 18.0 Å². The first kappa shape index (κ1) is 17.3. The van der Waals surface area contributed by atoms with E-state index in [0.717, 1.165) is 18.9 Å². The van der Waals surface area contributed by atoms with Gasteiger partial charge in [0.25, 0.3) is 5.91 Å². The number of nitrogens with one attached hydrogen (secondary N) is 1. The summed E-state index contributed by atoms with van der Waals surface area (Å²) in [6.07, 6.45) is 2.92. The van der Waals surface area contributed by atoms with E-state index in [-0.39, 0.29) is 17.3 Å². The molecule has 8 heteroatoms. The van der Waals surface area contributed by atoms with Crippen LogP contribution in [0.15, 0.2) is 12.1 Å². The summed E-state index contributed by atoms with van der Waals surface area (Å²) in [5, 5.41) is 6.42. The molecule has 0 aromatic carbocycles. The molecule has 0 aliphatic heterocycles. The molecule has 1 N–H and O–H groups in total. The van der Waals surface area contributed by atoms with E-state index < -0.39 is 23.3 Å². The fourth-order valence-electron chi connectivity index (χ4n) is 2.44. The van der Waals surface area contributed by atoms with Crippen LogP contribution in [0.4, 0.5) is 13.2 Å². The molecular weight excluding hydrogens is 333 g/mol. The maximum absolute atomic E-state index is 13.4. The molecule has 3 rings (SSSR count). The van der Waals surface area contributed by atoms with E-state index in [0.29, 0.717) is 16.6 Å². The Bertz CT molecular complexity index is 876. The van der Waals surface area contributed by atoms with Crippen LogP contribution in [-0.4, -0.2) is 26.0 Å². The van der Waals surface area contributed by atoms with Crippen LogP contribution in [0.2, 0.25) is 0 Å². The Kier molecular flexibility index (Phi) is 3.98. The Morgan fingerprint density at radius 2 is 2.12 bits per heavy atom. The Morgan fingerprint density at radius 3 is 2.64 bits per heavy atom. The van der Waals surface area contributed by atoms with Gasteiger partial charge in [0.2, 0.25) is 0 Å². The minimum Gasteiger partial charge on any atom is -0.335 e. The number of halogens is 3. The lowest BCUT2D eigenvalue weighted by Crippen LogP contribution is -2.44. The number of hydrogen-bond acceptors (Lipinski definition) is 3. The molecule has 0 saturated heterocycles. The van der Waals surface area contributed by atoms with Crippen LogP contribution in [-0.2, 0) is 6.18 Å². The van der Waals surface area contributed by atoms with Crippen molar-refractivity contribution in [1.82, 2.24) is 19.9 Å². The first-order valence-corrected chi connectivity index (χ1v) is 7.95. The average Bonchev–Trinajstić information content (AvgIpc) is 3.31. The normalized spacial score (nSPS) is 17.1. The molecule has 1 amide bonds. The first-order chi connectivity index (χ1) is 11.7. The standard InChI is InChI=1S/C17H17F3N4O/c1-4-16(3,5-2)22-15(25)12-9-14-21-11(10-6-7-10)8-13(17(18,19)20)24(14)23-12/h1,8-10H,5-7H2,2-3H3,(H,22,25)/t16-/m0/s1. The second-order valence-corrected chi connectivity index (χ2v) is 6.42. The van der Waals surface area contributed by atoms with Gasteiger partial charge in [0, 0.05) is 17.7 Å². The van der Waals surface area contributed by atoms with Crippen LogP contribution in [0.5, 0.6) is 0 Å². The number of alkyl halides is 3. The van der Waals surface area contributed by atoms with Gasteiger partial charge in [-0.1, -0.05) is 12.8 Å². The van der Waals surface area contributed by atoms with Crippen molar-refractivity contribution in [3.05, 3.63) is 29.2 Å². The van der Waals surface area contributed by atoms with Crippen LogP contribution in [0, 0.1) is 12.3 Å². The summed E-state index contributed by atoms with van der Waals surface area (Å²) in [5.74, 6) is 1.88. The van der Waals surface area contributed by atoms with Gasteiger partial charge >= 0.3 is 6.18 Å². The second kappa shape index (κ2) is 5.76. The molecule has 0 spiro atoms. The van der Waals surface area contributed by atoms with Crippen LogP contribution in [0.3, 0.4) is 0 Å². The maximum Gasteiger partial charge on any atom is 0.433 e. The highest BCUT2D eigenvalue weighted by molar-refractivity contribution is 5.94. The van der Waals surface area contributed by atoms with Crippen LogP contribution in [0.1, 0.15) is 60.9 Å². The number of hydrogen-bond donors (Lipinski definition) is 1. The molecule has 0 bridgehead atoms. The first-order valence-electron chi connectivity index (χ1n) is 7.95. The minimum absolute atomic E-state index is 0.000726. The Morgan fingerprint density at radius 1 is 1.44 bits per heavy atom. The number of carbonyl (C=O) groups excluding carboxylic acids is 1. The van der Waals surface area contributed by atoms with Gasteiger partial charge < -0.3 is 5.32 Å². The largest absolute Gasteiger partial charge is 0.433 e. The van der Waals surface area contributed by atoms with Crippen molar-refractivity contribution in [3.63, 3.8) is 0 Å². The van der Waals surface area contributed by atoms with Crippen LogP contribution >= 0.6 is 0 Å². The number of fused-ring (bicyclic) bond motifs is 1. The summed E-state index contributed by atoms with van der Waals surface area (Å²) in [4.78, 5) is 16.6. The summed E-state index contributed by atoms with van der Waals surface area (Å²) >= 11 is 0. The molecule has 1 atom stereocenters. The topological polar surface area (TPSA) is 59.3 Å². The average molecular weight is 350 g/mol. The Labute approximate surface area is 142 Å². The lowest BCUT2D eigenvalue weighted by atomic mass is 10.0. The summed E-state index contributed by atoms with van der Waals surface area (Å²) in [6, 6.07) is 2.26. The van der Waals surface area contributed by atoms with Gasteiger partial charge in [0.1, 0.15) is 5.69 Å². The molecule has 2 aromatic rings. The molecule has 1 saturated carbocycles. The highest BCUT2D eigenvalue weighted by Crippen LogP contribution is 2.41. The molecule has 0 unspecified atom stereocenters. The molecule has 1 fully saturated rings. The number of aromatic nitrogens is 3. The van der Waals surface area contributed by atoms with E-state index in [1.54, 1.807) is 13.8 Å². The van der Waals surface area contributed by atoms with E-state index in [1.807, 2.05) is 0 Å². The third kappa shape index (κ3) is 3.31. The van der Waals surface area contributed by atoms with Gasteiger partial charge in [-0.05, 0) is 32.3 Å². The van der Waals surface area contributed by atoms with Crippen molar-refractivity contribution in [1.29, 1.82) is 0 Å². The van der Waals surface area contributed by atoms with Gasteiger partial charge in [-0.25, -0.2) is 9.50 Å². The van der Waals surface area contributed by atoms with E-state index in [4.69, 9.17) is 6.42 Å². The number of amides is 1. The van der Waals surface area contributed by atoms with Gasteiger partial charge in [0.15, 0.2) is 11.3 Å². The summed E-state index contributed by atoms with van der Waals surface area (Å²) in [7, 11) is 0. The van der Waals surface area contributed by atoms with Gasteiger partial charge in [0.05, 0.1) is 5.54 Å². The smallest absolute Gasteiger partial charge is 0.335 e. The second-order valence-electron chi connectivity index (χ2n) is 6.42. The molecule has 1 aliphatic rings. The van der Waals surface area contributed by atoms with Gasteiger partial charge in [-0.2, -0.15) is 18.3 Å². The van der Waals surface area contributed by atoms with Gasteiger partial charge in [-0.15, -0.1) is 6.42 Å². The van der Waals surface area contributed by atoms with Crippen molar-refractivity contribution >= 4 is 11.6 Å². The molecule has 1 aliphatic carbocycles. The highest BCUT2D eigenvalue weighted by Gasteiger charge is 2.37. The molecule has 2 aromatic heterocycles. The Hall–Kier alpha value is -2.56. The molecule has 2 heterocycles. The number of nitrogens with zero attached hydrogens (tertiary/aromatic N) is 3. The lowest BCUT2D eigenvalue weighted by Gasteiger charge is -2.22. The monoisotopic (exact) mass is 350 g/mol. The maximum atomic E-state index is 13.4. The summed E-state index contributed by atoms with van der Waals surface area (Å²) in [5.41, 5.74) is -1.60. The zero-order valence-corrected chi connectivity index (χ0v) is 13.8. The molecule has 25 heavy (non-hydrogen) atoms. The molecule has 132 valence electrons. The fourth-order valence-corrected chi connectivity index (χ4v) is 2.44. The predicted molar refractivity (Wildman–Crippen MR) is 85.0 cm³/mol. The number of rotatable bonds is 4. The van der Waals surface area contributed by atoms with Crippen LogP contribution < -0.4 is 5.32 Å². The van der Waals surface area contributed by atoms with Crippen molar-refractivity contribution < 1.29 is 18.0 Å². The third-order valence-corrected chi connectivity index (χ3v) is 4.38.